The van der Waals surface area contributed by atoms with Crippen molar-refractivity contribution in [1.29, 1.82) is 0 Å². The van der Waals surface area contributed by atoms with Gasteiger partial charge < -0.3 is 16.2 Å². The SMILES string of the molecule is Nc1cc2nc[nH][n+]2c(SCSC2=C(C(=O)O)N3C(=O)[C@@H](NC(=O)CSc4cc(Cl)ccc4Cl)[C@H]3SC2)n1. The molecule has 5 N–H and O–H groups in total. The molecule has 1 aromatic carbocycles. The number of β-lactam (4-membered cyclic amide) rings is 1. The van der Waals surface area contributed by atoms with Crippen molar-refractivity contribution in [2.24, 2.45) is 0 Å². The highest BCUT2D eigenvalue weighted by atomic mass is 35.5. The summed E-state index contributed by atoms with van der Waals surface area (Å²) in [4.78, 5) is 48.5. The number of benzene rings is 1. The van der Waals surface area contributed by atoms with Gasteiger partial charge in [0.25, 0.3) is 11.6 Å². The second kappa shape index (κ2) is 11.4. The number of nitrogens with two attached hydrogens (primary N) is 1. The largest absolute Gasteiger partial charge is 0.477 e. The Labute approximate surface area is 242 Å². The molecule has 0 unspecified atom stereocenters. The maximum absolute atomic E-state index is 12.9. The molecule has 0 bridgehead atoms. The Hall–Kier alpha value is -2.30. The summed E-state index contributed by atoms with van der Waals surface area (Å²) < 4.78 is 1.67. The van der Waals surface area contributed by atoms with Gasteiger partial charge in [0, 0.05) is 20.6 Å². The van der Waals surface area contributed by atoms with Crippen LogP contribution in [0.3, 0.4) is 0 Å². The number of hydrogen-bond acceptors (Lipinski definition) is 10. The average Bonchev–Trinajstić information content (AvgIpc) is 3.35. The van der Waals surface area contributed by atoms with Gasteiger partial charge in [-0.2, -0.15) is 0 Å². The minimum Gasteiger partial charge on any atom is -0.477 e. The van der Waals surface area contributed by atoms with Crippen LogP contribution in [0.25, 0.3) is 5.65 Å². The van der Waals surface area contributed by atoms with Crippen molar-refractivity contribution >= 4 is 99.5 Å². The molecule has 0 aliphatic carbocycles. The molecule has 17 heteroatoms. The van der Waals surface area contributed by atoms with Crippen molar-refractivity contribution in [2.75, 3.05) is 22.3 Å². The van der Waals surface area contributed by atoms with Gasteiger partial charge >= 0.3 is 11.1 Å². The summed E-state index contributed by atoms with van der Waals surface area (Å²) in [6.07, 6.45) is 1.52. The molecule has 0 spiro atoms. The maximum Gasteiger partial charge on any atom is 0.353 e. The number of thioether (sulfide) groups is 4. The highest BCUT2D eigenvalue weighted by Crippen LogP contribution is 2.44. The van der Waals surface area contributed by atoms with Crippen LogP contribution in [-0.2, 0) is 14.4 Å². The lowest BCUT2D eigenvalue weighted by molar-refractivity contribution is -0.622. The third kappa shape index (κ3) is 5.53. The van der Waals surface area contributed by atoms with Gasteiger partial charge in [-0.25, -0.2) is 9.89 Å². The maximum atomic E-state index is 12.9. The number of hydrogen-bond donors (Lipinski definition) is 4. The minimum absolute atomic E-state index is 0.0286. The zero-order chi connectivity index (χ0) is 27.0. The zero-order valence-electron chi connectivity index (χ0n) is 19.1. The first-order valence-corrected chi connectivity index (χ1v) is 15.5. The number of aromatic nitrogens is 4. The Morgan fingerprint density at radius 1 is 1.29 bits per heavy atom. The summed E-state index contributed by atoms with van der Waals surface area (Å²) >= 11 is 17.4. The Morgan fingerprint density at radius 3 is 2.89 bits per heavy atom. The number of carboxylic acid groups (broad SMARTS) is 1. The van der Waals surface area contributed by atoms with E-state index in [1.165, 1.54) is 58.3 Å². The van der Waals surface area contributed by atoms with Crippen LogP contribution in [0.2, 0.25) is 10.0 Å². The number of fused-ring (bicyclic) bond motifs is 2. The number of anilines is 1. The predicted molar refractivity (Wildman–Crippen MR) is 149 cm³/mol. The molecule has 5 rings (SSSR count). The third-order valence-corrected chi connectivity index (χ3v) is 10.8. The van der Waals surface area contributed by atoms with E-state index >= 15 is 0 Å². The molecule has 38 heavy (non-hydrogen) atoms. The number of carbonyl (C=O) groups is 3. The number of rotatable bonds is 9. The number of nitrogen functional groups attached to an aromatic ring is 1. The molecule has 3 aromatic rings. The van der Waals surface area contributed by atoms with Crippen LogP contribution in [0, 0.1) is 0 Å². The number of nitrogens with one attached hydrogen (secondary N) is 2. The third-order valence-electron chi connectivity index (χ3n) is 5.43. The Balaban J connectivity index is 1.21. The monoisotopic (exact) mass is 630 g/mol. The minimum atomic E-state index is -1.19. The fourth-order valence-corrected chi connectivity index (χ4v) is 8.78. The Kier molecular flexibility index (Phi) is 8.21. The second-order valence-electron chi connectivity index (χ2n) is 7.85. The molecule has 2 aliphatic rings. The molecule has 0 saturated carbocycles. The van der Waals surface area contributed by atoms with Crippen molar-refractivity contribution in [3.8, 4) is 0 Å². The Bertz CT molecular complexity index is 1490. The van der Waals surface area contributed by atoms with Crippen molar-refractivity contribution in [3.63, 3.8) is 0 Å². The van der Waals surface area contributed by atoms with Crippen LogP contribution in [0.5, 0.6) is 0 Å². The molecule has 2 aromatic heterocycles. The van der Waals surface area contributed by atoms with E-state index in [0.717, 1.165) is 0 Å². The van der Waals surface area contributed by atoms with E-state index < -0.39 is 23.3 Å². The normalized spacial score (nSPS) is 18.9. The number of nitrogens with zero attached hydrogens (tertiary/aromatic N) is 4. The van der Waals surface area contributed by atoms with E-state index in [0.29, 0.717) is 47.3 Å². The summed E-state index contributed by atoms with van der Waals surface area (Å²) in [6.45, 7) is 0. The molecule has 0 radical (unpaired) electrons. The van der Waals surface area contributed by atoms with Gasteiger partial charge in [0.15, 0.2) is 6.33 Å². The molecule has 2 amide bonds. The molecular formula is C21H18Cl2N7O4S4+. The van der Waals surface area contributed by atoms with Gasteiger partial charge in [0.1, 0.15) is 17.1 Å². The first-order chi connectivity index (χ1) is 18.2. The van der Waals surface area contributed by atoms with Crippen LogP contribution in [0.4, 0.5) is 5.82 Å². The van der Waals surface area contributed by atoms with E-state index in [2.05, 4.69) is 20.4 Å². The smallest absolute Gasteiger partial charge is 0.353 e. The molecule has 198 valence electrons. The lowest BCUT2D eigenvalue weighted by Crippen LogP contribution is -2.70. The molecule has 1 fully saturated rings. The van der Waals surface area contributed by atoms with Crippen LogP contribution in [-0.4, -0.2) is 70.9 Å². The van der Waals surface area contributed by atoms with Crippen molar-refractivity contribution < 1.29 is 24.0 Å². The van der Waals surface area contributed by atoms with Crippen LogP contribution >= 0.6 is 70.2 Å². The lowest BCUT2D eigenvalue weighted by atomic mass is 10.1. The predicted octanol–water partition coefficient (Wildman–Crippen LogP) is 2.70. The van der Waals surface area contributed by atoms with Crippen molar-refractivity contribution in [1.82, 2.24) is 25.3 Å². The highest BCUT2D eigenvalue weighted by Gasteiger charge is 2.54. The molecule has 4 heterocycles. The zero-order valence-corrected chi connectivity index (χ0v) is 23.9. The lowest BCUT2D eigenvalue weighted by Gasteiger charge is -2.49. The van der Waals surface area contributed by atoms with E-state index in [9.17, 15) is 19.5 Å². The van der Waals surface area contributed by atoms with Gasteiger partial charge in [0.05, 0.1) is 21.9 Å². The van der Waals surface area contributed by atoms with Crippen LogP contribution < -0.4 is 15.6 Å². The second-order valence-corrected chi connectivity index (χ2v) is 13.2. The van der Waals surface area contributed by atoms with Crippen molar-refractivity contribution in [3.05, 3.63) is 51.2 Å². The van der Waals surface area contributed by atoms with Gasteiger partial charge in [-0.3, -0.25) is 14.5 Å². The van der Waals surface area contributed by atoms with Crippen molar-refractivity contribution in [2.45, 2.75) is 21.5 Å². The number of amides is 2. The van der Waals surface area contributed by atoms with E-state index in [1.807, 2.05) is 0 Å². The number of H-pyrrole nitrogens is 1. The number of carbonyl (C=O) groups excluding carboxylic acids is 2. The van der Waals surface area contributed by atoms with Gasteiger partial charge in [-0.1, -0.05) is 33.2 Å². The van der Waals surface area contributed by atoms with Gasteiger partial charge in [0.2, 0.25) is 11.7 Å². The van der Waals surface area contributed by atoms with Crippen LogP contribution in [0.1, 0.15) is 0 Å². The van der Waals surface area contributed by atoms with E-state index in [1.54, 1.807) is 28.8 Å². The molecule has 2 aliphatic heterocycles. The van der Waals surface area contributed by atoms with Gasteiger partial charge in [-0.15, -0.1) is 39.8 Å². The van der Waals surface area contributed by atoms with Crippen LogP contribution in [0.15, 0.2) is 51.2 Å². The number of carboxylic acids is 1. The van der Waals surface area contributed by atoms with E-state index in [4.69, 9.17) is 28.9 Å². The number of halogens is 2. The fraction of sp³-hybridized carbons (Fsp3) is 0.238. The molecule has 1 saturated heterocycles. The first-order valence-electron chi connectivity index (χ1n) is 10.8. The highest BCUT2D eigenvalue weighted by molar-refractivity contribution is 8.18. The molecular weight excluding hydrogens is 613 g/mol. The summed E-state index contributed by atoms with van der Waals surface area (Å²) in [5, 5.41) is 17.0. The average molecular weight is 632 g/mol. The fourth-order valence-electron chi connectivity index (χ4n) is 3.75. The molecule has 2 atom stereocenters. The topological polar surface area (TPSA) is 158 Å². The number of aromatic amines is 1. The Morgan fingerprint density at radius 2 is 2.11 bits per heavy atom. The molecule has 11 nitrogen and oxygen atoms in total. The van der Waals surface area contributed by atoms with E-state index in [-0.39, 0.29) is 17.4 Å². The van der Waals surface area contributed by atoms with Gasteiger partial charge in [-0.05, 0) is 30.0 Å². The first kappa shape index (κ1) is 27.3. The summed E-state index contributed by atoms with van der Waals surface area (Å²) in [7, 11) is 0. The quantitative estimate of drug-likeness (QED) is 0.0905. The summed E-state index contributed by atoms with van der Waals surface area (Å²) in [6, 6.07) is 5.79. The number of aliphatic carboxylic acids is 1. The summed E-state index contributed by atoms with van der Waals surface area (Å²) in [5.41, 5.74) is 6.40. The standard InChI is InChI=1S/C21H17Cl2N7O4S4/c22-9-1-2-10(23)11(3-9)35-6-15(31)28-16-18(32)29-17(20(33)34)12(5-36-19(16)29)37-8-38-21-27-13(24)4-14-25-7-26-30(14)21/h1-4,7,16,19H,5-6,8H2,(H4,24,25,26,28,31,33,34)/p+1/t16-,19-/m1/s1. The summed E-state index contributed by atoms with van der Waals surface area (Å²) in [5.74, 6) is -1.28.